The Hall–Kier alpha value is -0.0800. The largest absolute Gasteiger partial charge is 0.390 e. The maximum Gasteiger partial charge on any atom is 0.0631 e. The summed E-state index contributed by atoms with van der Waals surface area (Å²) in [5.74, 6) is 0.529. The Morgan fingerprint density at radius 2 is 2.00 bits per heavy atom. The van der Waals surface area contributed by atoms with Crippen LogP contribution in [0.3, 0.4) is 0 Å². The minimum absolute atomic E-state index is 0.432. The summed E-state index contributed by atoms with van der Waals surface area (Å²) in [5.41, 5.74) is 0.825. The molecule has 1 nitrogen and oxygen atoms in total. The van der Waals surface area contributed by atoms with Gasteiger partial charge in [-0.1, -0.05) is 34.7 Å². The molecule has 74 valence electrons. The number of hydrogen-bond donors (Lipinski definition) is 1. The second kappa shape index (κ2) is 3.97. The summed E-state index contributed by atoms with van der Waals surface area (Å²) in [4.78, 5) is 0. The molecule has 0 radical (unpaired) electrons. The first-order valence-corrected chi connectivity index (χ1v) is 5.43. The van der Waals surface area contributed by atoms with Gasteiger partial charge in [0.2, 0.25) is 0 Å². The summed E-state index contributed by atoms with van der Waals surface area (Å²) >= 11 is 3.33. The van der Waals surface area contributed by atoms with E-state index in [9.17, 15) is 5.11 Å². The van der Waals surface area contributed by atoms with Crippen LogP contribution in [0.15, 0.2) is 23.2 Å². The summed E-state index contributed by atoms with van der Waals surface area (Å²) in [7, 11) is 0. The van der Waals surface area contributed by atoms with Crippen molar-refractivity contribution >= 4 is 15.9 Å². The van der Waals surface area contributed by atoms with E-state index in [1.807, 2.05) is 6.92 Å². The lowest BCUT2D eigenvalue weighted by atomic mass is 9.68. The predicted octanol–water partition coefficient (Wildman–Crippen LogP) is 3.39. The molecule has 1 N–H and O–H groups in total. The second-order valence-corrected chi connectivity index (χ2v) is 5.40. The Kier molecular flexibility index (Phi) is 3.36. The molecule has 0 bridgehead atoms. The highest BCUT2D eigenvalue weighted by Gasteiger charge is 2.39. The van der Waals surface area contributed by atoms with Crippen molar-refractivity contribution in [3.05, 3.63) is 23.2 Å². The lowest BCUT2D eigenvalue weighted by Crippen LogP contribution is -2.41. The third-order valence-corrected chi connectivity index (χ3v) is 3.06. The molecule has 0 aromatic carbocycles. The fraction of sp³-hybridized carbons (Fsp3) is 0.636. The van der Waals surface area contributed by atoms with Crippen LogP contribution >= 0.6 is 15.9 Å². The normalized spacial score (nSPS) is 32.4. The molecule has 0 saturated heterocycles. The molecule has 0 unspecified atom stereocenters. The summed E-state index contributed by atoms with van der Waals surface area (Å²) in [6, 6.07) is 0. The molecule has 1 aliphatic carbocycles. The van der Waals surface area contributed by atoms with Crippen LogP contribution in [0, 0.1) is 5.92 Å². The number of halogens is 1. The smallest absolute Gasteiger partial charge is 0.0631 e. The van der Waals surface area contributed by atoms with Gasteiger partial charge in [-0.15, -0.1) is 0 Å². The average Bonchev–Trinajstić information content (AvgIpc) is 1.95. The summed E-state index contributed by atoms with van der Waals surface area (Å²) < 4.78 is 1.03. The monoisotopic (exact) mass is 244 g/mol. The first-order chi connectivity index (χ1) is 5.91. The first kappa shape index (κ1) is 11.0. The SMILES string of the molecule is C=C(Br)CCC(=C)C1CC(C)(O)C1. The molecule has 0 aromatic heterocycles. The topological polar surface area (TPSA) is 20.2 Å². The highest BCUT2D eigenvalue weighted by molar-refractivity contribution is 9.11. The van der Waals surface area contributed by atoms with E-state index < -0.39 is 5.60 Å². The van der Waals surface area contributed by atoms with E-state index in [0.29, 0.717) is 5.92 Å². The van der Waals surface area contributed by atoms with Crippen LogP contribution in [0.5, 0.6) is 0 Å². The van der Waals surface area contributed by atoms with Gasteiger partial charge in [0.1, 0.15) is 0 Å². The van der Waals surface area contributed by atoms with Gasteiger partial charge in [0.05, 0.1) is 5.60 Å². The zero-order valence-corrected chi connectivity index (χ0v) is 9.73. The molecule has 1 rings (SSSR count). The van der Waals surface area contributed by atoms with Gasteiger partial charge < -0.3 is 5.11 Å². The Balaban J connectivity index is 2.23. The molecule has 1 saturated carbocycles. The van der Waals surface area contributed by atoms with E-state index in [1.54, 1.807) is 0 Å². The van der Waals surface area contributed by atoms with Crippen LogP contribution < -0.4 is 0 Å². The third-order valence-electron chi connectivity index (χ3n) is 2.67. The Bertz CT molecular complexity index is 222. The molecule has 13 heavy (non-hydrogen) atoms. The summed E-state index contributed by atoms with van der Waals surface area (Å²) in [6.07, 6.45) is 3.70. The van der Waals surface area contributed by atoms with Crippen molar-refractivity contribution in [1.82, 2.24) is 0 Å². The molecule has 0 spiro atoms. The zero-order chi connectivity index (χ0) is 10.1. The molecule has 0 heterocycles. The maximum absolute atomic E-state index is 9.54. The number of allylic oxidation sites excluding steroid dienone is 2. The van der Waals surface area contributed by atoms with Gasteiger partial charge in [-0.25, -0.2) is 0 Å². The van der Waals surface area contributed by atoms with Crippen molar-refractivity contribution in [3.8, 4) is 0 Å². The van der Waals surface area contributed by atoms with Gasteiger partial charge in [-0.05, 0) is 43.0 Å². The molecule has 0 aliphatic heterocycles. The first-order valence-electron chi connectivity index (χ1n) is 4.64. The highest BCUT2D eigenvalue weighted by atomic mass is 79.9. The van der Waals surface area contributed by atoms with Crippen LogP contribution in [0.1, 0.15) is 32.6 Å². The fourth-order valence-electron chi connectivity index (χ4n) is 1.79. The van der Waals surface area contributed by atoms with Crippen LogP contribution in [0.25, 0.3) is 0 Å². The molecular weight excluding hydrogens is 228 g/mol. The van der Waals surface area contributed by atoms with Gasteiger partial charge in [0, 0.05) is 0 Å². The minimum atomic E-state index is -0.432. The summed E-state index contributed by atoms with van der Waals surface area (Å²) in [6.45, 7) is 9.72. The summed E-state index contributed by atoms with van der Waals surface area (Å²) in [5, 5.41) is 9.54. The van der Waals surface area contributed by atoms with Gasteiger partial charge in [0.25, 0.3) is 0 Å². The number of hydrogen-bond acceptors (Lipinski definition) is 1. The Morgan fingerprint density at radius 3 is 2.38 bits per heavy atom. The molecule has 2 heteroatoms. The molecule has 0 aromatic rings. The van der Waals surface area contributed by atoms with E-state index in [1.165, 1.54) is 5.57 Å². The van der Waals surface area contributed by atoms with Crippen molar-refractivity contribution in [2.45, 2.75) is 38.2 Å². The van der Waals surface area contributed by atoms with Crippen LogP contribution in [-0.2, 0) is 0 Å². The standard InChI is InChI=1S/C11H17BrO/c1-8(4-5-9(2)12)10-6-11(3,13)7-10/h10,13H,1-2,4-7H2,3H3. The fourth-order valence-corrected chi connectivity index (χ4v) is 1.99. The number of rotatable bonds is 4. The van der Waals surface area contributed by atoms with Gasteiger partial charge in [0.15, 0.2) is 0 Å². The van der Waals surface area contributed by atoms with E-state index in [0.717, 1.165) is 30.2 Å². The van der Waals surface area contributed by atoms with Gasteiger partial charge in [-0.3, -0.25) is 0 Å². The van der Waals surface area contributed by atoms with Crippen molar-refractivity contribution in [2.24, 2.45) is 5.92 Å². The quantitative estimate of drug-likeness (QED) is 0.752. The third kappa shape index (κ3) is 3.28. The van der Waals surface area contributed by atoms with E-state index >= 15 is 0 Å². The van der Waals surface area contributed by atoms with Crippen LogP contribution in [-0.4, -0.2) is 10.7 Å². The Morgan fingerprint density at radius 1 is 1.46 bits per heavy atom. The average molecular weight is 245 g/mol. The van der Waals surface area contributed by atoms with E-state index in [-0.39, 0.29) is 0 Å². The van der Waals surface area contributed by atoms with Crippen molar-refractivity contribution < 1.29 is 5.11 Å². The highest BCUT2D eigenvalue weighted by Crippen LogP contribution is 2.42. The van der Waals surface area contributed by atoms with Gasteiger partial charge >= 0.3 is 0 Å². The van der Waals surface area contributed by atoms with Crippen molar-refractivity contribution in [1.29, 1.82) is 0 Å². The Labute approximate surface area is 88.7 Å². The molecule has 1 fully saturated rings. The minimum Gasteiger partial charge on any atom is -0.390 e. The van der Waals surface area contributed by atoms with E-state index in [4.69, 9.17) is 0 Å². The lowest BCUT2D eigenvalue weighted by molar-refractivity contribution is -0.0457. The van der Waals surface area contributed by atoms with Crippen molar-refractivity contribution in [2.75, 3.05) is 0 Å². The molecular formula is C11H17BrO. The second-order valence-electron chi connectivity index (χ2n) is 4.28. The maximum atomic E-state index is 9.54. The molecule has 1 aliphatic rings. The number of aliphatic hydroxyl groups is 1. The molecule has 0 amide bonds. The zero-order valence-electron chi connectivity index (χ0n) is 8.15. The van der Waals surface area contributed by atoms with Crippen LogP contribution in [0.2, 0.25) is 0 Å². The van der Waals surface area contributed by atoms with Gasteiger partial charge in [-0.2, -0.15) is 0 Å². The predicted molar refractivity (Wildman–Crippen MR) is 59.8 cm³/mol. The van der Waals surface area contributed by atoms with E-state index in [2.05, 4.69) is 29.1 Å². The molecule has 0 atom stereocenters. The lowest BCUT2D eigenvalue weighted by Gasteiger charge is -2.42. The van der Waals surface area contributed by atoms with Crippen molar-refractivity contribution in [3.63, 3.8) is 0 Å². The van der Waals surface area contributed by atoms with Crippen LogP contribution in [0.4, 0.5) is 0 Å².